The molecule has 0 spiro atoms. The van der Waals surface area contributed by atoms with Gasteiger partial charge in [-0.15, -0.1) is 0 Å². The molecule has 0 aliphatic carbocycles. The molecular formula is C20H28N4O. The zero-order valence-electron chi connectivity index (χ0n) is 15.2. The van der Waals surface area contributed by atoms with Crippen molar-refractivity contribution in [1.29, 1.82) is 0 Å². The molecular weight excluding hydrogens is 312 g/mol. The first kappa shape index (κ1) is 16.6. The summed E-state index contributed by atoms with van der Waals surface area (Å²) in [5.41, 5.74) is 2.16. The van der Waals surface area contributed by atoms with E-state index in [0.29, 0.717) is 5.88 Å². The maximum absolute atomic E-state index is 5.32. The maximum Gasteiger partial charge on any atom is 0.215 e. The number of piperidine rings is 2. The van der Waals surface area contributed by atoms with Crippen molar-refractivity contribution < 1.29 is 4.74 Å². The molecule has 2 fully saturated rings. The summed E-state index contributed by atoms with van der Waals surface area (Å²) in [6.07, 6.45) is 7.84. The number of aromatic nitrogens is 2. The van der Waals surface area contributed by atoms with Crippen molar-refractivity contribution in [3.8, 4) is 5.88 Å². The number of likely N-dealkylation sites (tertiary alicyclic amines) is 1. The first-order valence-electron chi connectivity index (χ1n) is 9.65. The van der Waals surface area contributed by atoms with Crippen LogP contribution in [0.5, 0.6) is 5.88 Å². The lowest BCUT2D eigenvalue weighted by molar-refractivity contribution is 0.221. The summed E-state index contributed by atoms with van der Waals surface area (Å²) in [7, 11) is 1.66. The van der Waals surface area contributed by atoms with Crippen LogP contribution in [0.1, 0.15) is 44.1 Å². The van der Waals surface area contributed by atoms with E-state index in [2.05, 4.69) is 26.9 Å². The molecule has 0 saturated carbocycles. The minimum Gasteiger partial charge on any atom is -0.481 e. The second-order valence-electron chi connectivity index (χ2n) is 7.25. The van der Waals surface area contributed by atoms with Gasteiger partial charge < -0.3 is 9.64 Å². The quantitative estimate of drug-likeness (QED) is 0.850. The summed E-state index contributed by atoms with van der Waals surface area (Å²) >= 11 is 0. The van der Waals surface area contributed by atoms with Gasteiger partial charge in [0.05, 0.1) is 7.11 Å². The minimum atomic E-state index is 0.639. The third-order valence-corrected chi connectivity index (χ3v) is 5.45. The molecule has 4 rings (SSSR count). The van der Waals surface area contributed by atoms with E-state index in [4.69, 9.17) is 9.72 Å². The topological polar surface area (TPSA) is 41.5 Å². The van der Waals surface area contributed by atoms with Gasteiger partial charge in [0.1, 0.15) is 5.82 Å². The van der Waals surface area contributed by atoms with Crippen LogP contribution in [-0.2, 0) is 6.54 Å². The van der Waals surface area contributed by atoms with Crippen molar-refractivity contribution in [3.05, 3.63) is 23.8 Å². The van der Waals surface area contributed by atoms with E-state index in [1.165, 1.54) is 57.2 Å². The van der Waals surface area contributed by atoms with Crippen LogP contribution in [-0.4, -0.2) is 48.2 Å². The summed E-state index contributed by atoms with van der Waals surface area (Å²) < 4.78 is 5.32. The lowest BCUT2D eigenvalue weighted by atomic mass is 10.1. The van der Waals surface area contributed by atoms with E-state index in [-0.39, 0.29) is 0 Å². The lowest BCUT2D eigenvalue weighted by Crippen LogP contribution is -2.31. The molecule has 0 radical (unpaired) electrons. The average molecular weight is 340 g/mol. The fourth-order valence-corrected chi connectivity index (χ4v) is 4.03. The van der Waals surface area contributed by atoms with E-state index in [0.717, 1.165) is 36.5 Å². The molecule has 0 bridgehead atoms. The molecule has 134 valence electrons. The number of ether oxygens (including phenoxy) is 1. The van der Waals surface area contributed by atoms with Crippen molar-refractivity contribution >= 4 is 16.9 Å². The molecule has 0 atom stereocenters. The van der Waals surface area contributed by atoms with Gasteiger partial charge in [-0.2, -0.15) is 4.98 Å². The monoisotopic (exact) mass is 340 g/mol. The van der Waals surface area contributed by atoms with Crippen LogP contribution in [0.3, 0.4) is 0 Å². The predicted octanol–water partition coefficient (Wildman–Crippen LogP) is 3.61. The molecule has 0 aromatic carbocycles. The van der Waals surface area contributed by atoms with E-state index in [9.17, 15) is 0 Å². The number of hydrogen-bond acceptors (Lipinski definition) is 5. The van der Waals surface area contributed by atoms with Gasteiger partial charge in [-0.3, -0.25) is 4.90 Å². The van der Waals surface area contributed by atoms with Gasteiger partial charge in [-0.25, -0.2) is 4.98 Å². The number of anilines is 1. The Hall–Kier alpha value is -1.88. The van der Waals surface area contributed by atoms with E-state index in [1.807, 2.05) is 6.07 Å². The molecule has 0 N–H and O–H groups in total. The third kappa shape index (κ3) is 3.71. The highest BCUT2D eigenvalue weighted by atomic mass is 16.5. The molecule has 5 nitrogen and oxygen atoms in total. The Labute approximate surface area is 150 Å². The van der Waals surface area contributed by atoms with Gasteiger partial charge in [-0.1, -0.05) is 6.42 Å². The SMILES string of the molecule is COc1ccc2c(CN3CCCCC3)cc(N3CCCCC3)nc2n1. The molecule has 2 aliphatic rings. The molecule has 5 heteroatoms. The first-order chi connectivity index (χ1) is 12.3. The van der Waals surface area contributed by atoms with Crippen molar-refractivity contribution in [2.45, 2.75) is 45.1 Å². The van der Waals surface area contributed by atoms with Gasteiger partial charge in [0.15, 0.2) is 5.65 Å². The molecule has 0 amide bonds. The number of methoxy groups -OCH3 is 1. The summed E-state index contributed by atoms with van der Waals surface area (Å²) in [5.74, 6) is 1.72. The van der Waals surface area contributed by atoms with Crippen LogP contribution in [0.15, 0.2) is 18.2 Å². The van der Waals surface area contributed by atoms with E-state index < -0.39 is 0 Å². The number of nitrogens with zero attached hydrogens (tertiary/aromatic N) is 4. The Balaban J connectivity index is 1.71. The molecule has 0 unspecified atom stereocenters. The third-order valence-electron chi connectivity index (χ3n) is 5.45. The number of fused-ring (bicyclic) bond motifs is 1. The van der Waals surface area contributed by atoms with Crippen molar-refractivity contribution in [2.75, 3.05) is 38.2 Å². The van der Waals surface area contributed by atoms with Crippen molar-refractivity contribution in [2.24, 2.45) is 0 Å². The van der Waals surface area contributed by atoms with Crippen LogP contribution in [0.25, 0.3) is 11.0 Å². The molecule has 4 heterocycles. The normalized spacial score (nSPS) is 19.3. The highest BCUT2D eigenvalue weighted by Crippen LogP contribution is 2.27. The average Bonchev–Trinajstić information content (AvgIpc) is 2.69. The Bertz CT molecular complexity index is 721. The van der Waals surface area contributed by atoms with Gasteiger partial charge >= 0.3 is 0 Å². The van der Waals surface area contributed by atoms with E-state index in [1.54, 1.807) is 7.11 Å². The van der Waals surface area contributed by atoms with Crippen LogP contribution >= 0.6 is 0 Å². The molecule has 2 aliphatic heterocycles. The summed E-state index contributed by atoms with van der Waals surface area (Å²) in [5, 5.41) is 1.16. The van der Waals surface area contributed by atoms with Crippen LogP contribution < -0.4 is 9.64 Å². The lowest BCUT2D eigenvalue weighted by Gasteiger charge is -2.30. The van der Waals surface area contributed by atoms with Crippen LogP contribution in [0.4, 0.5) is 5.82 Å². The van der Waals surface area contributed by atoms with Crippen LogP contribution in [0, 0.1) is 0 Å². The Morgan fingerprint density at radius 2 is 1.64 bits per heavy atom. The predicted molar refractivity (Wildman–Crippen MR) is 101 cm³/mol. The standard InChI is InChI=1S/C20H28N4O/c1-25-19-9-8-17-16(15-23-10-4-2-5-11-23)14-18(21-20(17)22-19)24-12-6-3-7-13-24/h8-9,14H,2-7,10-13,15H2,1H3. The fourth-order valence-electron chi connectivity index (χ4n) is 4.03. The second-order valence-corrected chi connectivity index (χ2v) is 7.25. The molecule has 2 saturated heterocycles. The Kier molecular flexibility index (Phi) is 5.02. The summed E-state index contributed by atoms with van der Waals surface area (Å²) in [6, 6.07) is 6.37. The number of rotatable bonds is 4. The minimum absolute atomic E-state index is 0.639. The van der Waals surface area contributed by atoms with Crippen LogP contribution in [0.2, 0.25) is 0 Å². The first-order valence-corrected chi connectivity index (χ1v) is 9.65. The Morgan fingerprint density at radius 3 is 2.36 bits per heavy atom. The number of hydrogen-bond donors (Lipinski definition) is 0. The van der Waals surface area contributed by atoms with Gasteiger partial charge in [0.2, 0.25) is 5.88 Å². The maximum atomic E-state index is 5.32. The highest BCUT2D eigenvalue weighted by Gasteiger charge is 2.18. The van der Waals surface area contributed by atoms with Gasteiger partial charge in [0, 0.05) is 31.1 Å². The molecule has 25 heavy (non-hydrogen) atoms. The summed E-state index contributed by atoms with van der Waals surface area (Å²) in [6.45, 7) is 5.60. The molecule has 2 aromatic rings. The van der Waals surface area contributed by atoms with Crippen molar-refractivity contribution in [1.82, 2.24) is 14.9 Å². The Morgan fingerprint density at radius 1 is 0.920 bits per heavy atom. The zero-order chi connectivity index (χ0) is 17.1. The zero-order valence-corrected chi connectivity index (χ0v) is 15.2. The van der Waals surface area contributed by atoms with Gasteiger partial charge in [0.25, 0.3) is 0 Å². The smallest absolute Gasteiger partial charge is 0.215 e. The largest absolute Gasteiger partial charge is 0.481 e. The number of pyridine rings is 2. The van der Waals surface area contributed by atoms with Crippen molar-refractivity contribution in [3.63, 3.8) is 0 Å². The van der Waals surface area contributed by atoms with Gasteiger partial charge in [-0.05, 0) is 62.9 Å². The summed E-state index contributed by atoms with van der Waals surface area (Å²) in [4.78, 5) is 14.5. The van der Waals surface area contributed by atoms with E-state index >= 15 is 0 Å². The molecule has 2 aromatic heterocycles. The second kappa shape index (κ2) is 7.56. The fraction of sp³-hybridized carbons (Fsp3) is 0.600. The highest BCUT2D eigenvalue weighted by molar-refractivity contribution is 5.81.